The maximum Gasteiger partial charge on any atom is 0.338 e. The van der Waals surface area contributed by atoms with E-state index in [1.165, 1.54) is 6.26 Å². The fourth-order valence-corrected chi connectivity index (χ4v) is 2.05. The van der Waals surface area contributed by atoms with Gasteiger partial charge in [0.05, 0.1) is 12.1 Å². The average molecular weight is 273 g/mol. The molecule has 1 aromatic heterocycles. The van der Waals surface area contributed by atoms with Crippen LogP contribution in [0.1, 0.15) is 35.9 Å². The standard InChI is InChI=1S/C16H19NO3/c1-2-3-9-17(14-7-5-4-6-8-14)11-15-10-13(12-20-15)16(18)19/h4-8,10,12H,2-3,9,11H2,1H3,(H,18,19). The van der Waals surface area contributed by atoms with Gasteiger partial charge in [0.1, 0.15) is 12.0 Å². The molecule has 2 rings (SSSR count). The van der Waals surface area contributed by atoms with E-state index in [0.29, 0.717) is 12.3 Å². The molecular weight excluding hydrogens is 254 g/mol. The molecule has 2 aromatic rings. The number of furan rings is 1. The minimum Gasteiger partial charge on any atom is -0.478 e. The summed E-state index contributed by atoms with van der Waals surface area (Å²) < 4.78 is 5.34. The number of carboxylic acid groups (broad SMARTS) is 1. The Balaban J connectivity index is 2.12. The molecule has 4 nitrogen and oxygen atoms in total. The molecule has 1 heterocycles. The molecule has 0 aliphatic heterocycles. The Morgan fingerprint density at radius 3 is 2.65 bits per heavy atom. The molecule has 0 atom stereocenters. The van der Waals surface area contributed by atoms with Gasteiger partial charge in [-0.1, -0.05) is 31.5 Å². The third-order valence-corrected chi connectivity index (χ3v) is 3.15. The summed E-state index contributed by atoms with van der Waals surface area (Å²) in [6, 6.07) is 11.7. The minimum atomic E-state index is -0.959. The van der Waals surface area contributed by atoms with Crippen molar-refractivity contribution in [2.24, 2.45) is 0 Å². The number of hydrogen-bond acceptors (Lipinski definition) is 3. The van der Waals surface area contributed by atoms with Crippen molar-refractivity contribution in [1.29, 1.82) is 0 Å². The highest BCUT2D eigenvalue weighted by atomic mass is 16.4. The lowest BCUT2D eigenvalue weighted by atomic mass is 10.2. The molecule has 0 saturated carbocycles. The molecule has 0 aliphatic rings. The highest BCUT2D eigenvalue weighted by Crippen LogP contribution is 2.19. The van der Waals surface area contributed by atoms with Gasteiger partial charge in [-0.15, -0.1) is 0 Å². The van der Waals surface area contributed by atoms with Gasteiger partial charge in [-0.05, 0) is 24.6 Å². The Bertz CT molecular complexity index is 548. The van der Waals surface area contributed by atoms with Crippen molar-refractivity contribution in [2.45, 2.75) is 26.3 Å². The molecule has 0 saturated heterocycles. The zero-order chi connectivity index (χ0) is 14.4. The number of unbranched alkanes of at least 4 members (excludes halogenated alkanes) is 1. The van der Waals surface area contributed by atoms with Gasteiger partial charge >= 0.3 is 5.97 Å². The first-order valence-electron chi connectivity index (χ1n) is 6.81. The number of aromatic carboxylic acids is 1. The highest BCUT2D eigenvalue weighted by Gasteiger charge is 2.12. The van der Waals surface area contributed by atoms with Gasteiger partial charge in [0, 0.05) is 12.2 Å². The first kappa shape index (κ1) is 14.2. The molecule has 1 N–H and O–H groups in total. The normalized spacial score (nSPS) is 10.4. The van der Waals surface area contributed by atoms with E-state index in [0.717, 1.165) is 25.1 Å². The van der Waals surface area contributed by atoms with Gasteiger partial charge in [-0.2, -0.15) is 0 Å². The van der Waals surface area contributed by atoms with Crippen molar-refractivity contribution >= 4 is 11.7 Å². The molecule has 0 aliphatic carbocycles. The third kappa shape index (κ3) is 3.63. The maximum atomic E-state index is 10.9. The molecule has 0 bridgehead atoms. The van der Waals surface area contributed by atoms with Crippen LogP contribution in [0.15, 0.2) is 47.1 Å². The monoisotopic (exact) mass is 273 g/mol. The van der Waals surface area contributed by atoms with Gasteiger partial charge < -0.3 is 14.4 Å². The number of anilines is 1. The summed E-state index contributed by atoms with van der Waals surface area (Å²) in [4.78, 5) is 13.1. The van der Waals surface area contributed by atoms with E-state index in [9.17, 15) is 4.79 Å². The Hall–Kier alpha value is -2.23. The summed E-state index contributed by atoms with van der Waals surface area (Å²) in [5.74, 6) is -0.290. The first-order chi connectivity index (χ1) is 9.70. The Morgan fingerprint density at radius 2 is 2.05 bits per heavy atom. The van der Waals surface area contributed by atoms with Gasteiger partial charge in [-0.25, -0.2) is 4.79 Å². The first-order valence-corrected chi connectivity index (χ1v) is 6.81. The molecule has 0 unspecified atom stereocenters. The second-order valence-corrected chi connectivity index (χ2v) is 4.72. The van der Waals surface area contributed by atoms with E-state index >= 15 is 0 Å². The summed E-state index contributed by atoms with van der Waals surface area (Å²) >= 11 is 0. The number of para-hydroxylation sites is 1. The van der Waals surface area contributed by atoms with Crippen molar-refractivity contribution in [3.63, 3.8) is 0 Å². The van der Waals surface area contributed by atoms with Crippen LogP contribution in [0.25, 0.3) is 0 Å². The fraction of sp³-hybridized carbons (Fsp3) is 0.312. The van der Waals surface area contributed by atoms with Crippen molar-refractivity contribution in [3.05, 3.63) is 54.0 Å². The van der Waals surface area contributed by atoms with Crippen molar-refractivity contribution < 1.29 is 14.3 Å². The number of carboxylic acids is 1. The van der Waals surface area contributed by atoms with Gasteiger partial charge in [0.2, 0.25) is 0 Å². The Labute approximate surface area is 118 Å². The number of benzene rings is 1. The highest BCUT2D eigenvalue weighted by molar-refractivity contribution is 5.87. The minimum absolute atomic E-state index is 0.198. The largest absolute Gasteiger partial charge is 0.478 e. The van der Waals surface area contributed by atoms with Crippen molar-refractivity contribution in [2.75, 3.05) is 11.4 Å². The second-order valence-electron chi connectivity index (χ2n) is 4.72. The van der Waals surface area contributed by atoms with Gasteiger partial charge in [0.25, 0.3) is 0 Å². The lowest BCUT2D eigenvalue weighted by molar-refractivity contribution is 0.0696. The Kier molecular flexibility index (Phi) is 4.82. The molecule has 0 fully saturated rings. The summed E-state index contributed by atoms with van der Waals surface area (Å²) in [6.45, 7) is 3.65. The zero-order valence-electron chi connectivity index (χ0n) is 11.6. The molecule has 0 radical (unpaired) electrons. The van der Waals surface area contributed by atoms with Crippen LogP contribution in [0, 0.1) is 0 Å². The average Bonchev–Trinajstić information content (AvgIpc) is 2.93. The number of carbonyl (C=O) groups is 1. The smallest absolute Gasteiger partial charge is 0.338 e. The quantitative estimate of drug-likeness (QED) is 0.834. The van der Waals surface area contributed by atoms with E-state index in [4.69, 9.17) is 9.52 Å². The number of hydrogen-bond donors (Lipinski definition) is 1. The fourth-order valence-electron chi connectivity index (χ4n) is 2.05. The van der Waals surface area contributed by atoms with Crippen LogP contribution in [0.4, 0.5) is 5.69 Å². The van der Waals surface area contributed by atoms with Crippen LogP contribution in [0.3, 0.4) is 0 Å². The van der Waals surface area contributed by atoms with Crippen LogP contribution >= 0.6 is 0 Å². The molecule has 20 heavy (non-hydrogen) atoms. The summed E-state index contributed by atoms with van der Waals surface area (Å²) in [5.41, 5.74) is 1.32. The van der Waals surface area contributed by atoms with Crippen LogP contribution in [-0.4, -0.2) is 17.6 Å². The van der Waals surface area contributed by atoms with Gasteiger partial charge in [0.15, 0.2) is 0 Å². The maximum absolute atomic E-state index is 10.9. The summed E-state index contributed by atoms with van der Waals surface area (Å²) in [7, 11) is 0. The van der Waals surface area contributed by atoms with Crippen molar-refractivity contribution in [1.82, 2.24) is 0 Å². The van der Waals surface area contributed by atoms with E-state index < -0.39 is 5.97 Å². The molecule has 106 valence electrons. The van der Waals surface area contributed by atoms with Crippen molar-refractivity contribution in [3.8, 4) is 0 Å². The van der Waals surface area contributed by atoms with E-state index in [1.54, 1.807) is 6.07 Å². The van der Waals surface area contributed by atoms with E-state index in [1.807, 2.05) is 18.2 Å². The van der Waals surface area contributed by atoms with Crippen LogP contribution in [0.5, 0.6) is 0 Å². The number of rotatable bonds is 7. The van der Waals surface area contributed by atoms with Crippen LogP contribution < -0.4 is 4.90 Å². The van der Waals surface area contributed by atoms with E-state index in [2.05, 4.69) is 24.0 Å². The summed E-state index contributed by atoms with van der Waals surface area (Å²) in [6.07, 6.45) is 3.49. The van der Waals surface area contributed by atoms with Crippen LogP contribution in [0.2, 0.25) is 0 Å². The molecule has 4 heteroatoms. The molecule has 0 spiro atoms. The van der Waals surface area contributed by atoms with E-state index in [-0.39, 0.29) is 5.56 Å². The van der Waals surface area contributed by atoms with Gasteiger partial charge in [-0.3, -0.25) is 0 Å². The Morgan fingerprint density at radius 1 is 1.30 bits per heavy atom. The lowest BCUT2D eigenvalue weighted by Crippen LogP contribution is -2.23. The zero-order valence-corrected chi connectivity index (χ0v) is 11.6. The SMILES string of the molecule is CCCCN(Cc1cc(C(=O)O)co1)c1ccccc1. The summed E-state index contributed by atoms with van der Waals surface area (Å²) in [5, 5.41) is 8.92. The second kappa shape index (κ2) is 6.80. The van der Waals surface area contributed by atoms with Crippen LogP contribution in [-0.2, 0) is 6.54 Å². The topological polar surface area (TPSA) is 53.7 Å². The third-order valence-electron chi connectivity index (χ3n) is 3.15. The molecule has 0 amide bonds. The predicted molar refractivity (Wildman–Crippen MR) is 78.1 cm³/mol. The molecular formula is C16H19NO3. The lowest BCUT2D eigenvalue weighted by Gasteiger charge is -2.23. The number of nitrogens with zero attached hydrogens (tertiary/aromatic N) is 1. The predicted octanol–water partition coefficient (Wildman–Crippen LogP) is 3.78. The molecule has 1 aromatic carbocycles.